The van der Waals surface area contributed by atoms with Crippen LogP contribution in [0.2, 0.25) is 0 Å². The smallest absolute Gasteiger partial charge is 0.00248 e. The van der Waals surface area contributed by atoms with Gasteiger partial charge in [-0.1, -0.05) is 121 Å². The predicted molar refractivity (Wildman–Crippen MR) is 123 cm³/mol. The van der Waals surface area contributed by atoms with Crippen LogP contribution in [0.15, 0.2) is 36.9 Å². The second-order valence-corrected chi connectivity index (χ2v) is 7.31. The highest BCUT2D eigenvalue weighted by molar-refractivity contribution is 5.85. The van der Waals surface area contributed by atoms with Gasteiger partial charge in [-0.3, -0.25) is 0 Å². The summed E-state index contributed by atoms with van der Waals surface area (Å²) >= 11 is 0. The van der Waals surface area contributed by atoms with E-state index in [0.717, 1.165) is 0 Å². The maximum Gasteiger partial charge on any atom is -0.00248 e. The second-order valence-electron chi connectivity index (χ2n) is 7.31. The van der Waals surface area contributed by atoms with Crippen LogP contribution in [0.5, 0.6) is 0 Å². The summed E-state index contributed by atoms with van der Waals surface area (Å²) in [6.45, 7) is 7.18. The van der Waals surface area contributed by atoms with E-state index in [1.165, 1.54) is 89.2 Å². The molecule has 0 saturated heterocycles. The van der Waals surface area contributed by atoms with Crippen LogP contribution in [0.25, 0.3) is 6.08 Å². The van der Waals surface area contributed by atoms with E-state index < -0.39 is 0 Å². The Bertz CT molecular complexity index is 375. The van der Waals surface area contributed by atoms with Crippen molar-refractivity contribution in [3.8, 4) is 0 Å². The van der Waals surface area contributed by atoms with Crippen LogP contribution in [0.4, 0.5) is 0 Å². The van der Waals surface area contributed by atoms with Gasteiger partial charge < -0.3 is 4.90 Å². The molecule has 0 spiro atoms. The molecule has 0 fully saturated rings. The zero-order valence-corrected chi connectivity index (χ0v) is 18.5. The van der Waals surface area contributed by atoms with Crippen molar-refractivity contribution in [2.24, 2.45) is 0 Å². The first-order chi connectivity index (χ1) is 12.2. The molecular formula is C24H44ClN. The van der Waals surface area contributed by atoms with Gasteiger partial charge in [0.25, 0.3) is 0 Å². The lowest BCUT2D eigenvalue weighted by molar-refractivity contribution is 0.389. The molecule has 0 saturated carbocycles. The maximum absolute atomic E-state index is 3.63. The van der Waals surface area contributed by atoms with Gasteiger partial charge in [0.15, 0.2) is 0 Å². The Morgan fingerprint density at radius 1 is 0.731 bits per heavy atom. The van der Waals surface area contributed by atoms with E-state index in [9.17, 15) is 0 Å². The lowest BCUT2D eigenvalue weighted by atomic mass is 10.1. The van der Waals surface area contributed by atoms with Crippen LogP contribution >= 0.6 is 12.4 Å². The van der Waals surface area contributed by atoms with Crippen LogP contribution in [-0.4, -0.2) is 25.5 Å². The van der Waals surface area contributed by atoms with E-state index in [4.69, 9.17) is 0 Å². The van der Waals surface area contributed by atoms with Gasteiger partial charge in [0, 0.05) is 0 Å². The van der Waals surface area contributed by atoms with Crippen molar-refractivity contribution in [3.63, 3.8) is 0 Å². The number of halogens is 1. The SMILES string of the molecule is C=Cc1ccccc1.CCCCCCCCCCCCCCN(C)C.Cl. The fourth-order valence-corrected chi connectivity index (χ4v) is 2.86. The number of hydrogen-bond acceptors (Lipinski definition) is 1. The van der Waals surface area contributed by atoms with E-state index in [1.807, 2.05) is 36.4 Å². The van der Waals surface area contributed by atoms with Crippen LogP contribution in [0.1, 0.15) is 89.5 Å². The summed E-state index contributed by atoms with van der Waals surface area (Å²) in [6.07, 6.45) is 19.2. The van der Waals surface area contributed by atoms with Gasteiger partial charge in [-0.25, -0.2) is 0 Å². The molecule has 1 aromatic rings. The van der Waals surface area contributed by atoms with E-state index in [2.05, 4.69) is 32.5 Å². The third-order valence-electron chi connectivity index (χ3n) is 4.49. The fraction of sp³-hybridized carbons (Fsp3) is 0.667. The average molecular weight is 382 g/mol. The monoisotopic (exact) mass is 381 g/mol. The largest absolute Gasteiger partial charge is 0.309 e. The first-order valence-corrected chi connectivity index (χ1v) is 10.5. The van der Waals surface area contributed by atoms with E-state index in [1.54, 1.807) is 0 Å². The van der Waals surface area contributed by atoms with Crippen LogP contribution in [-0.2, 0) is 0 Å². The molecule has 0 amide bonds. The molecule has 152 valence electrons. The van der Waals surface area contributed by atoms with Crippen molar-refractivity contribution in [1.29, 1.82) is 0 Å². The first kappa shape index (κ1) is 27.4. The summed E-state index contributed by atoms with van der Waals surface area (Å²) in [5, 5.41) is 0. The summed E-state index contributed by atoms with van der Waals surface area (Å²) in [5.74, 6) is 0. The molecule has 0 atom stereocenters. The molecule has 0 radical (unpaired) electrons. The molecular weight excluding hydrogens is 338 g/mol. The van der Waals surface area contributed by atoms with Gasteiger partial charge in [-0.2, -0.15) is 0 Å². The molecule has 0 bridgehead atoms. The average Bonchev–Trinajstić information content (AvgIpc) is 2.63. The summed E-state index contributed by atoms with van der Waals surface area (Å²) in [4.78, 5) is 2.29. The molecule has 0 aromatic heterocycles. The lowest BCUT2D eigenvalue weighted by Gasteiger charge is -2.08. The molecule has 0 aliphatic heterocycles. The summed E-state index contributed by atoms with van der Waals surface area (Å²) in [7, 11) is 4.33. The van der Waals surface area contributed by atoms with Gasteiger partial charge in [-0.15, -0.1) is 12.4 Å². The molecule has 1 nitrogen and oxygen atoms in total. The standard InChI is InChI=1S/C16H35N.C8H8.ClH/c1-4-5-6-7-8-9-10-11-12-13-14-15-16-17(2)3;1-2-8-6-4-3-5-7-8;/h4-16H2,1-3H3;2-7H,1H2;1H. The first-order valence-electron chi connectivity index (χ1n) is 10.5. The quantitative estimate of drug-likeness (QED) is 0.295. The number of unbranched alkanes of at least 4 members (excludes halogenated alkanes) is 11. The highest BCUT2D eigenvalue weighted by Crippen LogP contribution is 2.11. The van der Waals surface area contributed by atoms with Crippen molar-refractivity contribution in [2.45, 2.75) is 84.0 Å². The van der Waals surface area contributed by atoms with Crippen molar-refractivity contribution in [1.82, 2.24) is 4.90 Å². The summed E-state index contributed by atoms with van der Waals surface area (Å²) in [6, 6.07) is 10.0. The van der Waals surface area contributed by atoms with Crippen molar-refractivity contribution in [2.75, 3.05) is 20.6 Å². The highest BCUT2D eigenvalue weighted by Gasteiger charge is 1.94. The number of benzene rings is 1. The second kappa shape index (κ2) is 22.3. The zero-order valence-electron chi connectivity index (χ0n) is 17.7. The van der Waals surface area contributed by atoms with E-state index >= 15 is 0 Å². The van der Waals surface area contributed by atoms with Crippen molar-refractivity contribution in [3.05, 3.63) is 42.5 Å². The molecule has 1 rings (SSSR count). The fourth-order valence-electron chi connectivity index (χ4n) is 2.86. The van der Waals surface area contributed by atoms with Gasteiger partial charge in [-0.05, 0) is 32.6 Å². The molecule has 2 heteroatoms. The molecule has 0 N–H and O–H groups in total. The molecule has 0 unspecified atom stereocenters. The van der Waals surface area contributed by atoms with E-state index in [0.29, 0.717) is 0 Å². The minimum absolute atomic E-state index is 0. The predicted octanol–water partition coefficient (Wildman–Crippen LogP) is 8.00. The number of hydrogen-bond donors (Lipinski definition) is 0. The normalized spacial score (nSPS) is 10.0. The van der Waals surface area contributed by atoms with E-state index in [-0.39, 0.29) is 12.4 Å². The number of rotatable bonds is 14. The topological polar surface area (TPSA) is 3.24 Å². The van der Waals surface area contributed by atoms with Crippen molar-refractivity contribution >= 4 is 18.5 Å². The minimum Gasteiger partial charge on any atom is -0.309 e. The minimum atomic E-state index is 0. The molecule has 1 aromatic carbocycles. The summed E-state index contributed by atoms with van der Waals surface area (Å²) < 4.78 is 0. The van der Waals surface area contributed by atoms with Crippen LogP contribution < -0.4 is 0 Å². The Hall–Kier alpha value is -0.790. The third-order valence-corrected chi connectivity index (χ3v) is 4.49. The van der Waals surface area contributed by atoms with Gasteiger partial charge in [0.2, 0.25) is 0 Å². The molecule has 0 aliphatic carbocycles. The lowest BCUT2D eigenvalue weighted by Crippen LogP contribution is -2.12. The molecule has 0 aliphatic rings. The molecule has 0 heterocycles. The Morgan fingerprint density at radius 2 is 1.15 bits per heavy atom. The Kier molecular flexibility index (Phi) is 23.5. The Balaban J connectivity index is 0. The highest BCUT2D eigenvalue weighted by atomic mass is 35.5. The maximum atomic E-state index is 3.63. The Labute approximate surface area is 170 Å². The molecule has 26 heavy (non-hydrogen) atoms. The number of nitrogens with zero attached hydrogens (tertiary/aromatic N) is 1. The van der Waals surface area contributed by atoms with Crippen molar-refractivity contribution < 1.29 is 0 Å². The van der Waals surface area contributed by atoms with Gasteiger partial charge in [0.05, 0.1) is 0 Å². The Morgan fingerprint density at radius 3 is 1.50 bits per heavy atom. The zero-order chi connectivity index (χ0) is 18.6. The van der Waals surface area contributed by atoms with Crippen LogP contribution in [0.3, 0.4) is 0 Å². The third kappa shape index (κ3) is 21.3. The van der Waals surface area contributed by atoms with Gasteiger partial charge >= 0.3 is 0 Å². The van der Waals surface area contributed by atoms with Crippen LogP contribution in [0, 0.1) is 0 Å². The van der Waals surface area contributed by atoms with Gasteiger partial charge in [0.1, 0.15) is 0 Å². The summed E-state index contributed by atoms with van der Waals surface area (Å²) in [5.41, 5.74) is 1.17.